The first kappa shape index (κ1) is 19.2. The van der Waals surface area contributed by atoms with Gasteiger partial charge in [0.05, 0.1) is 25.2 Å². The van der Waals surface area contributed by atoms with E-state index in [9.17, 15) is 14.9 Å². The van der Waals surface area contributed by atoms with E-state index < -0.39 is 4.92 Å². The average Bonchev–Trinajstić information content (AvgIpc) is 2.67. The number of hydrogen-bond acceptors (Lipinski definition) is 7. The molecule has 0 aromatic heterocycles. The SMILES string of the molecule is COc1cc(C=O)ccc1OCCOCCOc1ccc([N+](=O)[O-])cc1. The summed E-state index contributed by atoms with van der Waals surface area (Å²) in [5, 5.41) is 10.6. The summed E-state index contributed by atoms with van der Waals surface area (Å²) in [6.45, 7) is 1.33. The normalized spacial score (nSPS) is 10.2. The third-order valence-corrected chi connectivity index (χ3v) is 3.35. The third-order valence-electron chi connectivity index (χ3n) is 3.35. The highest BCUT2D eigenvalue weighted by atomic mass is 16.6. The van der Waals surface area contributed by atoms with Crippen LogP contribution >= 0.6 is 0 Å². The van der Waals surface area contributed by atoms with E-state index in [4.69, 9.17) is 18.9 Å². The third kappa shape index (κ3) is 5.75. The van der Waals surface area contributed by atoms with Gasteiger partial charge in [0.15, 0.2) is 11.5 Å². The zero-order valence-corrected chi connectivity index (χ0v) is 14.3. The Balaban J connectivity index is 1.63. The van der Waals surface area contributed by atoms with E-state index in [2.05, 4.69) is 0 Å². The van der Waals surface area contributed by atoms with Crippen LogP contribution in [-0.2, 0) is 4.74 Å². The molecule has 0 N–H and O–H groups in total. The number of carbonyl (C=O) groups is 1. The topological polar surface area (TPSA) is 97.1 Å². The summed E-state index contributed by atoms with van der Waals surface area (Å²) in [5.74, 6) is 1.55. The highest BCUT2D eigenvalue weighted by Crippen LogP contribution is 2.27. The highest BCUT2D eigenvalue weighted by Gasteiger charge is 2.06. The van der Waals surface area contributed by atoms with Crippen molar-refractivity contribution in [1.82, 2.24) is 0 Å². The van der Waals surface area contributed by atoms with Crippen LogP contribution in [0, 0.1) is 10.1 Å². The number of benzene rings is 2. The Morgan fingerprint density at radius 2 is 1.65 bits per heavy atom. The van der Waals surface area contributed by atoms with Crippen molar-refractivity contribution in [2.45, 2.75) is 0 Å². The van der Waals surface area contributed by atoms with Crippen LogP contribution in [0.5, 0.6) is 17.2 Å². The van der Waals surface area contributed by atoms with Crippen LogP contribution in [0.3, 0.4) is 0 Å². The zero-order chi connectivity index (χ0) is 18.8. The van der Waals surface area contributed by atoms with Crippen LogP contribution in [0.15, 0.2) is 42.5 Å². The minimum atomic E-state index is -0.464. The van der Waals surface area contributed by atoms with Crippen molar-refractivity contribution in [1.29, 1.82) is 0 Å². The molecule has 0 saturated carbocycles. The van der Waals surface area contributed by atoms with Gasteiger partial charge in [-0.3, -0.25) is 14.9 Å². The highest BCUT2D eigenvalue weighted by molar-refractivity contribution is 5.76. The second kappa shape index (κ2) is 10.00. The molecule has 0 aliphatic carbocycles. The predicted octanol–water partition coefficient (Wildman–Crippen LogP) is 2.89. The first-order valence-corrected chi connectivity index (χ1v) is 7.85. The minimum absolute atomic E-state index is 0.0161. The van der Waals surface area contributed by atoms with Gasteiger partial charge in [-0.2, -0.15) is 0 Å². The molecule has 0 unspecified atom stereocenters. The predicted molar refractivity (Wildman–Crippen MR) is 93.3 cm³/mol. The standard InChI is InChI=1S/C18H19NO7/c1-23-18-12-14(13-20)2-7-17(18)26-11-9-24-8-10-25-16-5-3-15(4-6-16)19(21)22/h2-7,12-13H,8-11H2,1H3. The number of nitro groups is 1. The van der Waals surface area contributed by atoms with E-state index in [1.165, 1.54) is 31.4 Å². The lowest BCUT2D eigenvalue weighted by Crippen LogP contribution is -2.12. The average molecular weight is 361 g/mol. The van der Waals surface area contributed by atoms with E-state index >= 15 is 0 Å². The zero-order valence-electron chi connectivity index (χ0n) is 14.3. The molecule has 8 heteroatoms. The Labute approximate surface area is 150 Å². The second-order valence-electron chi connectivity index (χ2n) is 5.09. The van der Waals surface area contributed by atoms with Gasteiger partial charge in [0, 0.05) is 17.7 Å². The van der Waals surface area contributed by atoms with Crippen LogP contribution in [0.1, 0.15) is 10.4 Å². The van der Waals surface area contributed by atoms with Crippen LogP contribution < -0.4 is 14.2 Å². The smallest absolute Gasteiger partial charge is 0.269 e. The van der Waals surface area contributed by atoms with Crippen molar-refractivity contribution in [2.75, 3.05) is 33.5 Å². The van der Waals surface area contributed by atoms with E-state index in [0.717, 1.165) is 6.29 Å². The molecule has 2 rings (SSSR count). The van der Waals surface area contributed by atoms with Crippen molar-refractivity contribution in [3.63, 3.8) is 0 Å². The largest absolute Gasteiger partial charge is 0.493 e. The van der Waals surface area contributed by atoms with E-state index in [1.807, 2.05) is 0 Å². The van der Waals surface area contributed by atoms with E-state index in [0.29, 0.717) is 49.2 Å². The van der Waals surface area contributed by atoms with Gasteiger partial charge in [-0.15, -0.1) is 0 Å². The first-order chi connectivity index (χ1) is 12.6. The molecule has 0 aliphatic rings. The van der Waals surface area contributed by atoms with Crippen molar-refractivity contribution >= 4 is 12.0 Å². The molecule has 26 heavy (non-hydrogen) atoms. The molecule has 2 aromatic carbocycles. The summed E-state index contributed by atoms with van der Waals surface area (Å²) in [6, 6.07) is 10.7. The molecule has 2 aromatic rings. The Morgan fingerprint density at radius 1 is 0.962 bits per heavy atom. The minimum Gasteiger partial charge on any atom is -0.493 e. The number of carbonyl (C=O) groups excluding carboxylic acids is 1. The summed E-state index contributed by atoms with van der Waals surface area (Å²) in [6.07, 6.45) is 0.736. The van der Waals surface area contributed by atoms with E-state index in [1.54, 1.807) is 18.2 Å². The second-order valence-corrected chi connectivity index (χ2v) is 5.09. The Kier molecular flexibility index (Phi) is 7.38. The summed E-state index contributed by atoms with van der Waals surface area (Å²) in [4.78, 5) is 20.8. The molecule has 0 heterocycles. The first-order valence-electron chi connectivity index (χ1n) is 7.85. The fraction of sp³-hybridized carbons (Fsp3) is 0.278. The van der Waals surface area contributed by atoms with Gasteiger partial charge < -0.3 is 18.9 Å². The summed E-state index contributed by atoms with van der Waals surface area (Å²) >= 11 is 0. The van der Waals surface area contributed by atoms with Gasteiger partial charge in [0.2, 0.25) is 0 Å². The maximum atomic E-state index is 10.7. The number of nitro benzene ring substituents is 1. The molecular weight excluding hydrogens is 342 g/mol. The molecule has 0 saturated heterocycles. The molecule has 8 nitrogen and oxygen atoms in total. The fourth-order valence-corrected chi connectivity index (χ4v) is 2.07. The molecule has 0 radical (unpaired) electrons. The molecular formula is C18H19NO7. The number of hydrogen-bond donors (Lipinski definition) is 0. The summed E-state index contributed by atoms with van der Waals surface area (Å²) in [5.41, 5.74) is 0.524. The van der Waals surface area contributed by atoms with Crippen LogP contribution in [0.2, 0.25) is 0 Å². The lowest BCUT2D eigenvalue weighted by atomic mass is 10.2. The van der Waals surface area contributed by atoms with Gasteiger partial charge >= 0.3 is 0 Å². The van der Waals surface area contributed by atoms with Gasteiger partial charge in [-0.25, -0.2) is 0 Å². The van der Waals surface area contributed by atoms with Gasteiger partial charge in [0.25, 0.3) is 5.69 Å². The number of aldehydes is 1. The van der Waals surface area contributed by atoms with Crippen LogP contribution in [-0.4, -0.2) is 44.7 Å². The number of rotatable bonds is 11. The fourth-order valence-electron chi connectivity index (χ4n) is 2.07. The molecule has 0 amide bonds. The van der Waals surface area contributed by atoms with Crippen LogP contribution in [0.4, 0.5) is 5.69 Å². The lowest BCUT2D eigenvalue weighted by Gasteiger charge is -2.11. The maximum Gasteiger partial charge on any atom is 0.269 e. The van der Waals surface area contributed by atoms with Gasteiger partial charge in [0.1, 0.15) is 25.2 Å². The van der Waals surface area contributed by atoms with Gasteiger partial charge in [-0.1, -0.05) is 0 Å². The Hall–Kier alpha value is -3.13. The Morgan fingerprint density at radius 3 is 2.27 bits per heavy atom. The number of ether oxygens (including phenoxy) is 4. The molecule has 0 fully saturated rings. The van der Waals surface area contributed by atoms with Gasteiger partial charge in [-0.05, 0) is 30.3 Å². The number of nitrogens with zero attached hydrogens (tertiary/aromatic N) is 1. The molecule has 0 aliphatic heterocycles. The summed E-state index contributed by atoms with van der Waals surface area (Å²) < 4.78 is 21.6. The van der Waals surface area contributed by atoms with Crippen molar-refractivity contribution in [3.8, 4) is 17.2 Å². The van der Waals surface area contributed by atoms with E-state index in [-0.39, 0.29) is 5.69 Å². The van der Waals surface area contributed by atoms with Crippen LogP contribution in [0.25, 0.3) is 0 Å². The molecule has 0 spiro atoms. The van der Waals surface area contributed by atoms with Crippen molar-refractivity contribution < 1.29 is 28.7 Å². The van der Waals surface area contributed by atoms with Crippen molar-refractivity contribution in [2.24, 2.45) is 0 Å². The summed E-state index contributed by atoms with van der Waals surface area (Å²) in [7, 11) is 1.50. The molecule has 138 valence electrons. The quantitative estimate of drug-likeness (QED) is 0.263. The lowest BCUT2D eigenvalue weighted by molar-refractivity contribution is -0.384. The van der Waals surface area contributed by atoms with Crippen molar-refractivity contribution in [3.05, 3.63) is 58.1 Å². The number of methoxy groups -OCH3 is 1. The maximum absolute atomic E-state index is 10.7. The molecule has 0 atom stereocenters. The number of non-ortho nitro benzene ring substituents is 1. The molecule has 0 bridgehead atoms. The Bertz CT molecular complexity index is 731. The monoisotopic (exact) mass is 361 g/mol.